The maximum absolute atomic E-state index is 12.3. The van der Waals surface area contributed by atoms with Crippen LogP contribution in [-0.2, 0) is 9.59 Å². The molecule has 2 N–H and O–H groups in total. The van der Waals surface area contributed by atoms with Crippen LogP contribution in [0.2, 0.25) is 0 Å². The van der Waals surface area contributed by atoms with E-state index in [1.54, 1.807) is 0 Å². The molecule has 5 heteroatoms. The van der Waals surface area contributed by atoms with Gasteiger partial charge in [-0.1, -0.05) is 33.1 Å². The van der Waals surface area contributed by atoms with Crippen LogP contribution < -0.4 is 5.32 Å². The second-order valence-electron chi connectivity index (χ2n) is 6.78. The maximum atomic E-state index is 12.3. The smallest absolute Gasteiger partial charge is 0.305 e. The quantitative estimate of drug-likeness (QED) is 0.756. The summed E-state index contributed by atoms with van der Waals surface area (Å²) in [5.41, 5.74) is -0.376. The van der Waals surface area contributed by atoms with Crippen molar-refractivity contribution in [3.63, 3.8) is 0 Å². The normalized spacial score (nSPS) is 19.5. The van der Waals surface area contributed by atoms with Gasteiger partial charge in [-0.25, -0.2) is 0 Å². The highest BCUT2D eigenvalue weighted by Gasteiger charge is 2.41. The molecule has 0 aromatic rings. The SMILES string of the molecule is CC(C)CNC(=O)C(C)N(C)C1(CC(=O)O)CCCCC1. The van der Waals surface area contributed by atoms with Gasteiger partial charge in [-0.15, -0.1) is 0 Å². The van der Waals surface area contributed by atoms with Crippen molar-refractivity contribution in [1.29, 1.82) is 0 Å². The summed E-state index contributed by atoms with van der Waals surface area (Å²) in [5.74, 6) is -0.380. The van der Waals surface area contributed by atoms with Gasteiger partial charge in [0.2, 0.25) is 5.91 Å². The van der Waals surface area contributed by atoms with Crippen molar-refractivity contribution < 1.29 is 14.7 Å². The van der Waals surface area contributed by atoms with E-state index in [4.69, 9.17) is 0 Å². The Kier molecular flexibility index (Phi) is 6.65. The molecule has 1 saturated carbocycles. The Balaban J connectivity index is 2.76. The van der Waals surface area contributed by atoms with Gasteiger partial charge in [0.1, 0.15) is 0 Å². The number of hydrogen-bond acceptors (Lipinski definition) is 3. The first kappa shape index (κ1) is 18.0. The molecule has 1 fully saturated rings. The van der Waals surface area contributed by atoms with E-state index < -0.39 is 5.97 Å². The largest absolute Gasteiger partial charge is 0.481 e. The van der Waals surface area contributed by atoms with Gasteiger partial charge in [0, 0.05) is 12.1 Å². The summed E-state index contributed by atoms with van der Waals surface area (Å²) in [6.07, 6.45) is 5.07. The number of hydrogen-bond donors (Lipinski definition) is 2. The van der Waals surface area contributed by atoms with Gasteiger partial charge in [-0.3, -0.25) is 14.5 Å². The number of amides is 1. The molecular formula is C16H30N2O3. The highest BCUT2D eigenvalue weighted by Crippen LogP contribution is 2.36. The fraction of sp³-hybridized carbons (Fsp3) is 0.875. The van der Waals surface area contributed by atoms with E-state index in [0.717, 1.165) is 32.1 Å². The summed E-state index contributed by atoms with van der Waals surface area (Å²) in [4.78, 5) is 25.5. The van der Waals surface area contributed by atoms with Gasteiger partial charge in [-0.05, 0) is 32.7 Å². The molecule has 0 bridgehead atoms. The van der Waals surface area contributed by atoms with Gasteiger partial charge in [0.05, 0.1) is 12.5 Å². The minimum Gasteiger partial charge on any atom is -0.481 e. The number of carbonyl (C=O) groups is 2. The Morgan fingerprint density at radius 1 is 1.19 bits per heavy atom. The van der Waals surface area contributed by atoms with Crippen molar-refractivity contribution in [2.75, 3.05) is 13.6 Å². The zero-order chi connectivity index (χ0) is 16.0. The topological polar surface area (TPSA) is 69.6 Å². The monoisotopic (exact) mass is 298 g/mol. The van der Waals surface area contributed by atoms with Crippen LogP contribution in [0.5, 0.6) is 0 Å². The number of likely N-dealkylation sites (N-methyl/N-ethyl adjacent to an activating group) is 1. The minimum atomic E-state index is -0.779. The standard InChI is InChI=1S/C16H30N2O3/c1-12(2)11-17-15(21)13(3)18(4)16(10-14(19)20)8-6-5-7-9-16/h12-13H,5-11H2,1-4H3,(H,17,21)(H,19,20). The predicted octanol–water partition coefficient (Wildman–Crippen LogP) is 2.26. The van der Waals surface area contributed by atoms with Crippen LogP contribution in [0.1, 0.15) is 59.3 Å². The fourth-order valence-electron chi connectivity index (χ4n) is 3.18. The molecule has 1 rings (SSSR count). The predicted molar refractivity (Wildman–Crippen MR) is 83.1 cm³/mol. The van der Waals surface area contributed by atoms with E-state index in [0.29, 0.717) is 12.5 Å². The van der Waals surface area contributed by atoms with Crippen LogP contribution in [-0.4, -0.2) is 47.1 Å². The van der Waals surface area contributed by atoms with Gasteiger partial charge < -0.3 is 10.4 Å². The van der Waals surface area contributed by atoms with Crippen molar-refractivity contribution in [2.45, 2.75) is 70.9 Å². The van der Waals surface area contributed by atoms with Gasteiger partial charge >= 0.3 is 5.97 Å². The number of nitrogens with one attached hydrogen (secondary N) is 1. The van der Waals surface area contributed by atoms with Crippen LogP contribution in [0.25, 0.3) is 0 Å². The fourth-order valence-corrected chi connectivity index (χ4v) is 3.18. The average Bonchev–Trinajstić information content (AvgIpc) is 2.43. The lowest BCUT2D eigenvalue weighted by Crippen LogP contribution is -2.57. The average molecular weight is 298 g/mol. The first-order valence-electron chi connectivity index (χ1n) is 8.01. The van der Waals surface area contributed by atoms with Crippen LogP contribution in [0.15, 0.2) is 0 Å². The molecule has 1 unspecified atom stereocenters. The van der Waals surface area contributed by atoms with E-state index in [-0.39, 0.29) is 23.9 Å². The molecule has 5 nitrogen and oxygen atoms in total. The minimum absolute atomic E-state index is 0.0125. The van der Waals surface area contributed by atoms with E-state index in [1.165, 1.54) is 0 Å². The Hall–Kier alpha value is -1.10. The van der Waals surface area contributed by atoms with Crippen LogP contribution in [0.3, 0.4) is 0 Å². The third-order valence-corrected chi connectivity index (χ3v) is 4.66. The summed E-state index contributed by atoms with van der Waals surface area (Å²) in [6, 6.07) is -0.304. The Bertz CT molecular complexity index is 363. The first-order chi connectivity index (χ1) is 9.78. The van der Waals surface area contributed by atoms with Crippen molar-refractivity contribution in [2.24, 2.45) is 5.92 Å². The van der Waals surface area contributed by atoms with Crippen LogP contribution >= 0.6 is 0 Å². The summed E-state index contributed by atoms with van der Waals surface area (Å²) < 4.78 is 0. The van der Waals surface area contributed by atoms with Crippen LogP contribution in [0, 0.1) is 5.92 Å². The molecule has 1 atom stereocenters. The first-order valence-corrected chi connectivity index (χ1v) is 8.01. The number of carbonyl (C=O) groups excluding carboxylic acids is 1. The summed E-state index contributed by atoms with van der Waals surface area (Å²) in [5, 5.41) is 12.2. The maximum Gasteiger partial charge on any atom is 0.305 e. The molecule has 0 radical (unpaired) electrons. The number of nitrogens with zero attached hydrogens (tertiary/aromatic N) is 1. The molecular weight excluding hydrogens is 268 g/mol. The molecule has 0 saturated heterocycles. The second kappa shape index (κ2) is 7.78. The molecule has 0 heterocycles. The number of rotatable bonds is 7. The zero-order valence-corrected chi connectivity index (χ0v) is 13.8. The van der Waals surface area contributed by atoms with Crippen molar-refractivity contribution in [3.05, 3.63) is 0 Å². The zero-order valence-electron chi connectivity index (χ0n) is 13.8. The molecule has 122 valence electrons. The van der Waals surface area contributed by atoms with E-state index in [9.17, 15) is 14.7 Å². The lowest BCUT2D eigenvalue weighted by atomic mass is 9.77. The lowest BCUT2D eigenvalue weighted by Gasteiger charge is -2.46. The molecule has 0 aliphatic heterocycles. The summed E-state index contributed by atoms with van der Waals surface area (Å²) >= 11 is 0. The van der Waals surface area contributed by atoms with E-state index in [1.807, 2.05) is 18.9 Å². The molecule has 1 aliphatic carbocycles. The third kappa shape index (κ3) is 4.99. The van der Waals surface area contributed by atoms with Gasteiger partial charge in [0.15, 0.2) is 0 Å². The van der Waals surface area contributed by atoms with Crippen LogP contribution in [0.4, 0.5) is 0 Å². The van der Waals surface area contributed by atoms with E-state index >= 15 is 0 Å². The number of carboxylic acid groups (broad SMARTS) is 1. The Labute approximate surface area is 128 Å². The van der Waals surface area contributed by atoms with Gasteiger partial charge in [0.25, 0.3) is 0 Å². The molecule has 21 heavy (non-hydrogen) atoms. The highest BCUT2D eigenvalue weighted by atomic mass is 16.4. The molecule has 0 spiro atoms. The van der Waals surface area contributed by atoms with Gasteiger partial charge in [-0.2, -0.15) is 0 Å². The molecule has 0 aromatic heterocycles. The highest BCUT2D eigenvalue weighted by molar-refractivity contribution is 5.81. The van der Waals surface area contributed by atoms with Crippen molar-refractivity contribution in [3.8, 4) is 0 Å². The summed E-state index contributed by atoms with van der Waals surface area (Å²) in [6.45, 7) is 6.64. The number of aliphatic carboxylic acids is 1. The molecule has 0 aromatic carbocycles. The number of carboxylic acids is 1. The molecule has 1 aliphatic rings. The Morgan fingerprint density at radius 3 is 2.24 bits per heavy atom. The van der Waals surface area contributed by atoms with Crippen molar-refractivity contribution >= 4 is 11.9 Å². The van der Waals surface area contributed by atoms with Crippen molar-refractivity contribution in [1.82, 2.24) is 10.2 Å². The third-order valence-electron chi connectivity index (χ3n) is 4.66. The Morgan fingerprint density at radius 2 is 1.76 bits per heavy atom. The molecule has 1 amide bonds. The lowest BCUT2D eigenvalue weighted by molar-refractivity contribution is -0.143. The summed E-state index contributed by atoms with van der Waals surface area (Å²) in [7, 11) is 1.90. The second-order valence-corrected chi connectivity index (χ2v) is 6.78. The van der Waals surface area contributed by atoms with E-state index in [2.05, 4.69) is 19.2 Å².